The molecular weight excluding hydrogens is 269 g/mol. The molecule has 1 heterocycles. The van der Waals surface area contributed by atoms with Gasteiger partial charge in [0.25, 0.3) is 0 Å². The maximum atomic E-state index is 14.2. The number of rotatable bonds is 5. The molecule has 0 aliphatic heterocycles. The van der Waals surface area contributed by atoms with E-state index in [9.17, 15) is 9.18 Å². The molecule has 0 spiro atoms. The van der Waals surface area contributed by atoms with Crippen LogP contribution in [0.1, 0.15) is 31.7 Å². The average Bonchev–Trinajstić information content (AvgIpc) is 2.82. The van der Waals surface area contributed by atoms with Crippen LogP contribution in [0.15, 0.2) is 30.6 Å². The van der Waals surface area contributed by atoms with Gasteiger partial charge in [0, 0.05) is 25.4 Å². The van der Waals surface area contributed by atoms with Crippen molar-refractivity contribution in [3.63, 3.8) is 0 Å². The Morgan fingerprint density at radius 1 is 1.43 bits per heavy atom. The summed E-state index contributed by atoms with van der Waals surface area (Å²) in [5.41, 5.74) is 1.20. The molecule has 0 atom stereocenters. The minimum absolute atomic E-state index is 0.0139. The lowest BCUT2D eigenvalue weighted by atomic mass is 10.1. The summed E-state index contributed by atoms with van der Waals surface area (Å²) in [6, 6.07) is 4.96. The van der Waals surface area contributed by atoms with Crippen LogP contribution >= 0.6 is 0 Å². The Balaban J connectivity index is 2.06. The van der Waals surface area contributed by atoms with Crippen LogP contribution in [0.25, 0.3) is 5.69 Å². The molecule has 0 bridgehead atoms. The summed E-state index contributed by atoms with van der Waals surface area (Å²) in [6.07, 6.45) is 3.83. The number of aryl methyl sites for hydroxylation is 1. The molecule has 5 heteroatoms. The van der Waals surface area contributed by atoms with Gasteiger partial charge in [-0.05, 0) is 30.5 Å². The smallest absolute Gasteiger partial charge is 0.220 e. The van der Waals surface area contributed by atoms with Crippen molar-refractivity contribution < 1.29 is 9.18 Å². The number of carbonyl (C=O) groups is 1. The molecule has 0 radical (unpaired) electrons. The number of halogens is 1. The van der Waals surface area contributed by atoms with Crippen LogP contribution in [0.4, 0.5) is 4.39 Å². The van der Waals surface area contributed by atoms with Crippen LogP contribution in [0.3, 0.4) is 0 Å². The van der Waals surface area contributed by atoms with E-state index in [1.165, 1.54) is 6.07 Å². The number of hydrogen-bond acceptors (Lipinski definition) is 2. The molecule has 2 rings (SSSR count). The minimum atomic E-state index is -0.327. The molecule has 1 amide bonds. The number of benzene rings is 1. The molecule has 0 aliphatic rings. The van der Waals surface area contributed by atoms with Gasteiger partial charge in [0.05, 0.1) is 5.69 Å². The fourth-order valence-corrected chi connectivity index (χ4v) is 2.13. The number of carbonyl (C=O) groups excluding carboxylic acids is 1. The molecule has 21 heavy (non-hydrogen) atoms. The Kier molecular flexibility index (Phi) is 4.73. The molecule has 0 unspecified atom stereocenters. The highest BCUT2D eigenvalue weighted by Crippen LogP contribution is 2.16. The van der Waals surface area contributed by atoms with Crippen molar-refractivity contribution in [2.45, 2.75) is 33.7 Å². The summed E-state index contributed by atoms with van der Waals surface area (Å²) in [4.78, 5) is 15.7. The third-order valence-electron chi connectivity index (χ3n) is 3.18. The normalized spacial score (nSPS) is 10.9. The lowest BCUT2D eigenvalue weighted by Crippen LogP contribution is -2.24. The second kappa shape index (κ2) is 6.52. The molecule has 0 saturated heterocycles. The third kappa shape index (κ3) is 3.90. The van der Waals surface area contributed by atoms with Crippen LogP contribution in [-0.2, 0) is 11.3 Å². The van der Waals surface area contributed by atoms with E-state index in [1.54, 1.807) is 23.0 Å². The SMILES string of the molecule is Cc1nccn1-c1ccc(CNC(=O)CC(C)C)cc1F. The van der Waals surface area contributed by atoms with E-state index in [2.05, 4.69) is 10.3 Å². The third-order valence-corrected chi connectivity index (χ3v) is 3.18. The van der Waals surface area contributed by atoms with Gasteiger partial charge in [-0.3, -0.25) is 4.79 Å². The zero-order chi connectivity index (χ0) is 15.4. The maximum Gasteiger partial charge on any atom is 0.220 e. The Morgan fingerprint density at radius 3 is 2.76 bits per heavy atom. The van der Waals surface area contributed by atoms with E-state index in [-0.39, 0.29) is 11.7 Å². The quantitative estimate of drug-likeness (QED) is 0.920. The van der Waals surface area contributed by atoms with E-state index in [0.717, 1.165) is 11.4 Å². The first-order chi connectivity index (χ1) is 9.97. The number of hydrogen-bond donors (Lipinski definition) is 1. The fourth-order valence-electron chi connectivity index (χ4n) is 2.13. The van der Waals surface area contributed by atoms with E-state index < -0.39 is 0 Å². The van der Waals surface area contributed by atoms with Crippen LogP contribution in [0.2, 0.25) is 0 Å². The van der Waals surface area contributed by atoms with Gasteiger partial charge in [-0.15, -0.1) is 0 Å². The van der Waals surface area contributed by atoms with Gasteiger partial charge in [0.15, 0.2) is 0 Å². The molecule has 4 nitrogen and oxygen atoms in total. The lowest BCUT2D eigenvalue weighted by molar-refractivity contribution is -0.121. The van der Waals surface area contributed by atoms with Crippen molar-refractivity contribution in [2.24, 2.45) is 5.92 Å². The van der Waals surface area contributed by atoms with Crippen LogP contribution in [-0.4, -0.2) is 15.5 Å². The monoisotopic (exact) mass is 289 g/mol. The van der Waals surface area contributed by atoms with Crippen molar-refractivity contribution in [3.8, 4) is 5.69 Å². The van der Waals surface area contributed by atoms with Crippen molar-refractivity contribution in [3.05, 3.63) is 47.8 Å². The summed E-state index contributed by atoms with van der Waals surface area (Å²) < 4.78 is 15.9. The molecule has 0 fully saturated rings. The first kappa shape index (κ1) is 15.2. The van der Waals surface area contributed by atoms with E-state index in [1.807, 2.05) is 26.8 Å². The van der Waals surface area contributed by atoms with Gasteiger partial charge < -0.3 is 9.88 Å². The number of nitrogens with zero attached hydrogens (tertiary/aromatic N) is 2. The second-order valence-corrected chi connectivity index (χ2v) is 5.50. The zero-order valence-electron chi connectivity index (χ0n) is 12.6. The van der Waals surface area contributed by atoms with Gasteiger partial charge in [0.1, 0.15) is 11.6 Å². The predicted octanol–water partition coefficient (Wildman–Crippen LogP) is 2.98. The second-order valence-electron chi connectivity index (χ2n) is 5.50. The van der Waals surface area contributed by atoms with Crippen molar-refractivity contribution >= 4 is 5.91 Å². The Bertz CT molecular complexity index is 634. The standard InChI is InChI=1S/C16H20FN3O/c1-11(2)8-16(21)19-10-13-4-5-15(14(17)9-13)20-7-6-18-12(20)3/h4-7,9,11H,8,10H2,1-3H3,(H,19,21). The molecular formula is C16H20FN3O. The fraction of sp³-hybridized carbons (Fsp3) is 0.375. The highest BCUT2D eigenvalue weighted by Gasteiger charge is 2.09. The molecule has 1 aromatic carbocycles. The first-order valence-electron chi connectivity index (χ1n) is 7.03. The van der Waals surface area contributed by atoms with Gasteiger partial charge in [-0.25, -0.2) is 9.37 Å². The van der Waals surface area contributed by atoms with Crippen LogP contribution < -0.4 is 5.32 Å². The van der Waals surface area contributed by atoms with Gasteiger partial charge >= 0.3 is 0 Å². The number of amides is 1. The first-order valence-corrected chi connectivity index (χ1v) is 7.03. The van der Waals surface area contributed by atoms with Gasteiger partial charge in [-0.2, -0.15) is 0 Å². The molecule has 1 N–H and O–H groups in total. The van der Waals surface area contributed by atoms with Crippen molar-refractivity contribution in [2.75, 3.05) is 0 Å². The van der Waals surface area contributed by atoms with E-state index >= 15 is 0 Å². The summed E-state index contributed by atoms with van der Waals surface area (Å²) in [5, 5.41) is 2.80. The van der Waals surface area contributed by atoms with Crippen molar-refractivity contribution in [1.82, 2.24) is 14.9 Å². The van der Waals surface area contributed by atoms with E-state index in [4.69, 9.17) is 0 Å². The average molecular weight is 289 g/mol. The number of imidazole rings is 1. The van der Waals surface area contributed by atoms with E-state index in [0.29, 0.717) is 24.6 Å². The minimum Gasteiger partial charge on any atom is -0.352 e. The Hall–Kier alpha value is -2.17. The summed E-state index contributed by atoms with van der Waals surface area (Å²) in [6.45, 7) is 6.13. The van der Waals surface area contributed by atoms with Gasteiger partial charge in [0.2, 0.25) is 5.91 Å². The van der Waals surface area contributed by atoms with Crippen LogP contribution in [0.5, 0.6) is 0 Å². The van der Waals surface area contributed by atoms with Crippen LogP contribution in [0, 0.1) is 18.7 Å². The van der Waals surface area contributed by atoms with Gasteiger partial charge in [-0.1, -0.05) is 19.9 Å². The largest absolute Gasteiger partial charge is 0.352 e. The molecule has 112 valence electrons. The zero-order valence-corrected chi connectivity index (χ0v) is 12.6. The van der Waals surface area contributed by atoms with Crippen molar-refractivity contribution in [1.29, 1.82) is 0 Å². The topological polar surface area (TPSA) is 46.9 Å². The molecule has 2 aromatic rings. The number of nitrogens with one attached hydrogen (secondary N) is 1. The maximum absolute atomic E-state index is 14.2. The molecule has 0 aliphatic carbocycles. The molecule has 0 saturated carbocycles. The highest BCUT2D eigenvalue weighted by molar-refractivity contribution is 5.76. The predicted molar refractivity (Wildman–Crippen MR) is 79.6 cm³/mol. The lowest BCUT2D eigenvalue weighted by Gasteiger charge is -2.10. The highest BCUT2D eigenvalue weighted by atomic mass is 19.1. The summed E-state index contributed by atoms with van der Waals surface area (Å²) in [5.74, 6) is 0.701. The Morgan fingerprint density at radius 2 is 2.19 bits per heavy atom. The Labute approximate surface area is 124 Å². The summed E-state index contributed by atoms with van der Waals surface area (Å²) >= 11 is 0. The number of aromatic nitrogens is 2. The molecule has 1 aromatic heterocycles. The summed E-state index contributed by atoms with van der Waals surface area (Å²) in [7, 11) is 0.